The quantitative estimate of drug-likeness (QED) is 0.511. The molecular formula is C11H9ClN4O2S. The normalized spacial score (nSPS) is 10.2. The average Bonchev–Trinajstić information content (AvgIpc) is 2.41. The molecule has 0 fully saturated rings. The third-order valence-corrected chi connectivity index (χ3v) is 3.62. The first-order chi connectivity index (χ1) is 9.10. The molecule has 0 saturated carbocycles. The number of non-ortho nitro benzene ring substituents is 1. The highest BCUT2D eigenvalue weighted by Gasteiger charge is 2.12. The first kappa shape index (κ1) is 13.6. The number of nitrogens with zero attached hydrogens (tertiary/aromatic N) is 2. The lowest BCUT2D eigenvalue weighted by Crippen LogP contribution is -2.07. The number of hydrogen-bond acceptors (Lipinski definition) is 6. The first-order valence-electron chi connectivity index (χ1n) is 5.14. The molecule has 1 aromatic carbocycles. The van der Waals surface area contributed by atoms with Crippen LogP contribution in [0.4, 0.5) is 11.4 Å². The van der Waals surface area contributed by atoms with Crippen LogP contribution in [0, 0.1) is 10.1 Å². The Bertz CT molecular complexity index is 623. The molecule has 2 rings (SSSR count). The first-order valence-corrected chi connectivity index (χ1v) is 6.34. The van der Waals surface area contributed by atoms with Crippen LogP contribution in [0.5, 0.6) is 0 Å². The number of pyridine rings is 1. The Morgan fingerprint density at radius 2 is 2.21 bits per heavy atom. The van der Waals surface area contributed by atoms with Gasteiger partial charge in [0.25, 0.3) is 5.69 Å². The van der Waals surface area contributed by atoms with Crippen molar-refractivity contribution in [1.82, 2.24) is 4.98 Å². The lowest BCUT2D eigenvalue weighted by atomic mass is 10.3. The molecule has 0 aliphatic heterocycles. The zero-order valence-electron chi connectivity index (χ0n) is 9.54. The summed E-state index contributed by atoms with van der Waals surface area (Å²) in [5, 5.41) is 11.9. The fourth-order valence-electron chi connectivity index (χ4n) is 1.39. The highest BCUT2D eigenvalue weighted by molar-refractivity contribution is 7.99. The van der Waals surface area contributed by atoms with Gasteiger partial charge in [0.05, 0.1) is 15.6 Å². The third-order valence-electron chi connectivity index (χ3n) is 2.21. The molecule has 0 saturated heterocycles. The third kappa shape index (κ3) is 3.34. The van der Waals surface area contributed by atoms with Crippen LogP contribution in [0.15, 0.2) is 46.5 Å². The second-order valence-corrected chi connectivity index (χ2v) is 4.98. The van der Waals surface area contributed by atoms with Gasteiger partial charge in [0, 0.05) is 23.2 Å². The summed E-state index contributed by atoms with van der Waals surface area (Å²) in [6.07, 6.45) is 1.60. The van der Waals surface area contributed by atoms with Crippen LogP contribution in [0.25, 0.3) is 0 Å². The summed E-state index contributed by atoms with van der Waals surface area (Å²) < 4.78 is 0. The Morgan fingerprint density at radius 1 is 1.42 bits per heavy atom. The van der Waals surface area contributed by atoms with Gasteiger partial charge in [-0.3, -0.25) is 16.0 Å². The van der Waals surface area contributed by atoms with Crippen molar-refractivity contribution in [2.24, 2.45) is 5.84 Å². The molecule has 0 unspecified atom stereocenters. The molecule has 3 N–H and O–H groups in total. The molecule has 1 heterocycles. The predicted molar refractivity (Wildman–Crippen MR) is 74.3 cm³/mol. The number of nitrogens with one attached hydrogen (secondary N) is 1. The van der Waals surface area contributed by atoms with Crippen molar-refractivity contribution in [2.75, 3.05) is 5.43 Å². The minimum Gasteiger partial charge on any atom is -0.324 e. The fraction of sp³-hybridized carbons (Fsp3) is 0. The number of nitrogens with two attached hydrogens (primary N) is 1. The molecule has 0 bridgehead atoms. The summed E-state index contributed by atoms with van der Waals surface area (Å²) in [5.41, 5.74) is 2.79. The molecule has 2 aromatic rings. The maximum Gasteiger partial charge on any atom is 0.272 e. The Hall–Kier alpha value is -1.83. The van der Waals surface area contributed by atoms with Gasteiger partial charge in [-0.1, -0.05) is 23.4 Å². The van der Waals surface area contributed by atoms with Gasteiger partial charge < -0.3 is 5.43 Å². The Kier molecular flexibility index (Phi) is 4.20. The van der Waals surface area contributed by atoms with Crippen molar-refractivity contribution in [1.29, 1.82) is 0 Å². The second kappa shape index (κ2) is 5.87. The zero-order valence-corrected chi connectivity index (χ0v) is 11.1. The van der Waals surface area contributed by atoms with Crippen molar-refractivity contribution in [2.45, 2.75) is 9.92 Å². The molecule has 0 aliphatic rings. The predicted octanol–water partition coefficient (Wildman–Crippen LogP) is 3.08. The van der Waals surface area contributed by atoms with Crippen LogP contribution in [-0.4, -0.2) is 9.91 Å². The van der Waals surface area contributed by atoms with E-state index in [2.05, 4.69) is 10.4 Å². The van der Waals surface area contributed by atoms with E-state index in [0.29, 0.717) is 20.6 Å². The summed E-state index contributed by atoms with van der Waals surface area (Å²) >= 11 is 7.22. The number of rotatable bonds is 4. The van der Waals surface area contributed by atoms with Gasteiger partial charge in [-0.25, -0.2) is 4.98 Å². The van der Waals surface area contributed by atoms with E-state index >= 15 is 0 Å². The van der Waals surface area contributed by atoms with Gasteiger partial charge in [0.1, 0.15) is 5.03 Å². The maximum absolute atomic E-state index is 10.8. The molecule has 0 aliphatic carbocycles. The van der Waals surface area contributed by atoms with Crippen LogP contribution in [-0.2, 0) is 0 Å². The number of aromatic nitrogens is 1. The Balaban J connectivity index is 2.37. The number of nitro benzene ring substituents is 1. The number of benzene rings is 1. The van der Waals surface area contributed by atoms with Crippen molar-refractivity contribution < 1.29 is 4.92 Å². The number of hydrazine groups is 1. The molecule has 0 spiro atoms. The van der Waals surface area contributed by atoms with Crippen LogP contribution in [0.2, 0.25) is 5.02 Å². The van der Waals surface area contributed by atoms with E-state index in [0.717, 1.165) is 0 Å². The van der Waals surface area contributed by atoms with Crippen molar-refractivity contribution >= 4 is 34.7 Å². The molecule has 0 atom stereocenters. The van der Waals surface area contributed by atoms with Crippen LogP contribution in [0.1, 0.15) is 0 Å². The van der Waals surface area contributed by atoms with Crippen LogP contribution >= 0.6 is 23.4 Å². The summed E-state index contributed by atoms with van der Waals surface area (Å²) in [6.45, 7) is 0. The molecule has 0 radical (unpaired) electrons. The average molecular weight is 297 g/mol. The number of nitro groups is 1. The zero-order chi connectivity index (χ0) is 13.8. The molecule has 6 nitrogen and oxygen atoms in total. The summed E-state index contributed by atoms with van der Waals surface area (Å²) in [5.74, 6) is 5.29. The van der Waals surface area contributed by atoms with Gasteiger partial charge in [0.15, 0.2) is 0 Å². The van der Waals surface area contributed by atoms with Crippen molar-refractivity contribution in [3.8, 4) is 0 Å². The van der Waals surface area contributed by atoms with Crippen molar-refractivity contribution in [3.05, 3.63) is 51.7 Å². The van der Waals surface area contributed by atoms with Gasteiger partial charge in [-0.15, -0.1) is 0 Å². The van der Waals surface area contributed by atoms with Gasteiger partial charge in [-0.2, -0.15) is 0 Å². The lowest BCUT2D eigenvalue weighted by Gasteiger charge is -2.05. The smallest absolute Gasteiger partial charge is 0.272 e. The number of hydrogen-bond donors (Lipinski definition) is 2. The minimum atomic E-state index is -0.481. The topological polar surface area (TPSA) is 94.1 Å². The Labute approximate surface area is 118 Å². The van der Waals surface area contributed by atoms with Crippen LogP contribution < -0.4 is 11.3 Å². The monoisotopic (exact) mass is 296 g/mol. The maximum atomic E-state index is 10.8. The van der Waals surface area contributed by atoms with Crippen LogP contribution in [0.3, 0.4) is 0 Å². The number of anilines is 1. The molecule has 1 aromatic heterocycles. The molecular weight excluding hydrogens is 288 g/mol. The lowest BCUT2D eigenvalue weighted by molar-refractivity contribution is -0.385. The molecule has 19 heavy (non-hydrogen) atoms. The van der Waals surface area contributed by atoms with Crippen molar-refractivity contribution in [3.63, 3.8) is 0 Å². The van der Waals surface area contributed by atoms with Gasteiger partial charge in [-0.05, 0) is 18.2 Å². The van der Waals surface area contributed by atoms with E-state index in [4.69, 9.17) is 17.4 Å². The Morgan fingerprint density at radius 3 is 2.84 bits per heavy atom. The SMILES string of the molecule is NNc1cc(Sc2ncccc2Cl)cc([N+](=O)[O-])c1. The highest BCUT2D eigenvalue weighted by atomic mass is 35.5. The van der Waals surface area contributed by atoms with Gasteiger partial charge in [0.2, 0.25) is 0 Å². The van der Waals surface area contributed by atoms with E-state index in [1.165, 1.54) is 23.9 Å². The summed E-state index contributed by atoms with van der Waals surface area (Å²) in [4.78, 5) is 15.1. The highest BCUT2D eigenvalue weighted by Crippen LogP contribution is 2.34. The molecule has 8 heteroatoms. The summed E-state index contributed by atoms with van der Waals surface area (Å²) in [6, 6.07) is 7.90. The minimum absolute atomic E-state index is 0.0509. The van der Waals surface area contributed by atoms with E-state index in [-0.39, 0.29) is 5.69 Å². The fourth-order valence-corrected chi connectivity index (χ4v) is 2.49. The van der Waals surface area contributed by atoms with E-state index in [1.54, 1.807) is 24.4 Å². The summed E-state index contributed by atoms with van der Waals surface area (Å²) in [7, 11) is 0. The van der Waals surface area contributed by atoms with Gasteiger partial charge >= 0.3 is 0 Å². The number of nitrogen functional groups attached to an aromatic ring is 1. The molecule has 98 valence electrons. The van der Waals surface area contributed by atoms with E-state index in [9.17, 15) is 10.1 Å². The standard InChI is InChI=1S/C11H9ClN4O2S/c12-10-2-1-3-14-11(10)19-9-5-7(15-13)4-8(6-9)16(17)18/h1-6,15H,13H2. The van der Waals surface area contributed by atoms with E-state index in [1.807, 2.05) is 0 Å². The van der Waals surface area contributed by atoms with E-state index < -0.39 is 4.92 Å². The largest absolute Gasteiger partial charge is 0.324 e. The molecule has 0 amide bonds. The number of halogens is 1. The second-order valence-electron chi connectivity index (χ2n) is 3.51.